The average molecular weight is 915 g/mol. The topological polar surface area (TPSA) is 157 Å². The summed E-state index contributed by atoms with van der Waals surface area (Å²) in [6, 6.07) is 40.6. The lowest BCUT2D eigenvalue weighted by Crippen LogP contribution is -2.43. The van der Waals surface area contributed by atoms with Crippen molar-refractivity contribution in [3.8, 4) is 0 Å². The molecule has 12 nitrogen and oxygen atoms in total. The van der Waals surface area contributed by atoms with E-state index < -0.39 is 23.7 Å². The minimum atomic E-state index is -0.665. The lowest BCUT2D eigenvalue weighted by Gasteiger charge is -2.32. The van der Waals surface area contributed by atoms with Crippen molar-refractivity contribution >= 4 is 35.4 Å². The molecule has 0 bridgehead atoms. The summed E-state index contributed by atoms with van der Waals surface area (Å²) in [5.74, 6) is -3.23. The molecule has 2 saturated heterocycles. The van der Waals surface area contributed by atoms with Gasteiger partial charge in [0.15, 0.2) is 0 Å². The fourth-order valence-electron chi connectivity index (χ4n) is 12.0. The summed E-state index contributed by atoms with van der Waals surface area (Å²) in [6.45, 7) is 0.713. The first-order valence-corrected chi connectivity index (χ1v) is 25.2. The van der Waals surface area contributed by atoms with Gasteiger partial charge in [0.05, 0.1) is 23.7 Å². The Bertz CT molecular complexity index is 2190. The third kappa shape index (κ3) is 9.43. The van der Waals surface area contributed by atoms with Gasteiger partial charge in [-0.1, -0.05) is 121 Å². The first-order chi connectivity index (χ1) is 33.2. The fourth-order valence-corrected chi connectivity index (χ4v) is 12.0. The van der Waals surface area contributed by atoms with Crippen LogP contribution in [0.4, 0.5) is 0 Å². The number of nitrogens with one attached hydrogen (secondary N) is 4. The predicted octanol–water partition coefficient (Wildman–Crippen LogP) is 5.63. The van der Waals surface area contributed by atoms with Crippen LogP contribution in [-0.4, -0.2) is 95.6 Å². The number of amides is 6. The van der Waals surface area contributed by atoms with Crippen LogP contribution in [0.2, 0.25) is 0 Å². The van der Waals surface area contributed by atoms with Crippen molar-refractivity contribution in [2.75, 3.05) is 26.2 Å². The summed E-state index contributed by atoms with van der Waals surface area (Å²) in [5, 5.41) is 12.9. The van der Waals surface area contributed by atoms with E-state index in [1.54, 1.807) is 9.80 Å². The number of carbonyl (C=O) groups excluding carboxylic acids is 6. The lowest BCUT2D eigenvalue weighted by atomic mass is 9.80. The minimum Gasteiger partial charge on any atom is -0.352 e. The number of rotatable bonds is 14. The number of carbonyl (C=O) groups is 6. The predicted molar refractivity (Wildman–Crippen MR) is 255 cm³/mol. The van der Waals surface area contributed by atoms with Crippen LogP contribution in [0.5, 0.6) is 0 Å². The Morgan fingerprint density at radius 2 is 0.559 bits per heavy atom. The zero-order valence-corrected chi connectivity index (χ0v) is 38.5. The fraction of sp³-hybridized carbons (Fsp3) is 0.464. The Morgan fingerprint density at radius 3 is 0.779 bits per heavy atom. The molecule has 12 atom stereocenters. The van der Waals surface area contributed by atoms with E-state index >= 15 is 0 Å². The van der Waals surface area contributed by atoms with E-state index in [4.69, 9.17) is 0 Å². The Balaban J connectivity index is 0.718. The highest BCUT2D eigenvalue weighted by atomic mass is 16.2. The van der Waals surface area contributed by atoms with Gasteiger partial charge in [-0.05, 0) is 73.6 Å². The van der Waals surface area contributed by atoms with Crippen LogP contribution >= 0.6 is 0 Å². The van der Waals surface area contributed by atoms with Crippen LogP contribution in [0.1, 0.15) is 97.3 Å². The lowest BCUT2D eigenvalue weighted by molar-refractivity contribution is -0.141. The van der Waals surface area contributed by atoms with E-state index in [1.165, 1.54) is 22.3 Å². The highest BCUT2D eigenvalue weighted by Crippen LogP contribution is 2.45. The quantitative estimate of drug-likeness (QED) is 0.129. The Labute approximate surface area is 398 Å². The van der Waals surface area contributed by atoms with Gasteiger partial charge < -0.3 is 31.1 Å². The van der Waals surface area contributed by atoms with E-state index in [-0.39, 0.29) is 121 Å². The minimum absolute atomic E-state index is 0.00241. The monoisotopic (exact) mass is 914 g/mol. The van der Waals surface area contributed by atoms with Crippen LogP contribution in [0.15, 0.2) is 121 Å². The molecule has 4 N–H and O–H groups in total. The van der Waals surface area contributed by atoms with Crippen molar-refractivity contribution in [1.82, 2.24) is 31.1 Å². The second-order valence-electron chi connectivity index (χ2n) is 20.9. The van der Waals surface area contributed by atoms with Crippen molar-refractivity contribution < 1.29 is 28.8 Å². The van der Waals surface area contributed by atoms with Crippen molar-refractivity contribution in [2.45, 2.75) is 99.2 Å². The molecule has 2 heterocycles. The van der Waals surface area contributed by atoms with E-state index in [1.807, 2.05) is 72.8 Å². The van der Waals surface area contributed by atoms with Crippen molar-refractivity contribution in [1.29, 1.82) is 0 Å². The van der Waals surface area contributed by atoms with Crippen LogP contribution < -0.4 is 21.3 Å². The van der Waals surface area contributed by atoms with Gasteiger partial charge in [0.2, 0.25) is 35.4 Å². The van der Waals surface area contributed by atoms with Gasteiger partial charge in [-0.15, -0.1) is 0 Å². The maximum absolute atomic E-state index is 14.3. The van der Waals surface area contributed by atoms with Gasteiger partial charge in [-0.3, -0.25) is 28.8 Å². The Hall–Kier alpha value is -6.30. The van der Waals surface area contributed by atoms with Crippen LogP contribution in [0, 0.1) is 35.5 Å². The van der Waals surface area contributed by atoms with Gasteiger partial charge >= 0.3 is 0 Å². The van der Waals surface area contributed by atoms with Crippen molar-refractivity contribution in [3.63, 3.8) is 0 Å². The highest BCUT2D eigenvalue weighted by molar-refractivity contribution is 5.93. The molecule has 4 aromatic rings. The zero-order chi connectivity index (χ0) is 46.5. The molecule has 68 heavy (non-hydrogen) atoms. The molecule has 0 radical (unpaired) electrons. The Kier molecular flexibility index (Phi) is 12.1. The number of likely N-dealkylation sites (tertiary alicyclic amines) is 2. The van der Waals surface area contributed by atoms with Gasteiger partial charge in [-0.25, -0.2) is 0 Å². The molecule has 2 aliphatic heterocycles. The number of nitrogens with zero attached hydrogens (tertiary/aromatic N) is 2. The molecule has 4 aromatic carbocycles. The third-order valence-corrected chi connectivity index (χ3v) is 16.4. The van der Waals surface area contributed by atoms with E-state index in [0.29, 0.717) is 25.7 Å². The van der Waals surface area contributed by atoms with E-state index in [0.717, 1.165) is 25.7 Å². The number of hydrogen-bond acceptors (Lipinski definition) is 6. The standard InChI is InChI=1S/C56H62N6O6/c63-51(57-47-25-39(47)33-13-5-1-6-14-33)43-29-61(30-44(43)52(64)58-48-26-40(48)34-15-7-2-8-16-34)55(67)37-21-23-38(24-22-37)56(68)62-31-45(53(65)59-49-27-41(49)35-17-9-3-10-18-35)46(32-62)54(66)60-50-28-42(50)36-19-11-4-12-20-36/h1-20,37-50H,21-32H2,(H,57,63)(H,58,64)(H,59,65)(H,60,66)/t37?,38?,39-,40-,41-,42-,43-,44-,45-,46-,47+,48+,49+,50+/m1/s1. The van der Waals surface area contributed by atoms with E-state index in [2.05, 4.69) is 69.8 Å². The van der Waals surface area contributed by atoms with E-state index in [9.17, 15) is 28.8 Å². The molecular formula is C56H62N6O6. The smallest absolute Gasteiger partial charge is 0.226 e. The molecular weight excluding hydrogens is 853 g/mol. The van der Waals surface area contributed by atoms with Gasteiger partial charge in [-0.2, -0.15) is 0 Å². The summed E-state index contributed by atoms with van der Waals surface area (Å²) < 4.78 is 0. The second-order valence-corrected chi connectivity index (χ2v) is 20.9. The van der Waals surface area contributed by atoms with Gasteiger partial charge in [0, 0.05) is 85.9 Å². The maximum atomic E-state index is 14.3. The van der Waals surface area contributed by atoms with Crippen LogP contribution in [0.3, 0.4) is 0 Å². The average Bonchev–Trinajstić information content (AvgIpc) is 4.31. The molecule has 12 heteroatoms. The number of hydrogen-bond donors (Lipinski definition) is 4. The summed E-state index contributed by atoms with van der Waals surface area (Å²) in [6.07, 6.45) is 5.40. The first kappa shape index (κ1) is 44.2. The maximum Gasteiger partial charge on any atom is 0.226 e. The first-order valence-electron chi connectivity index (χ1n) is 25.2. The molecule has 7 aliphatic rings. The van der Waals surface area contributed by atoms with Crippen molar-refractivity contribution in [2.24, 2.45) is 35.5 Å². The summed E-state index contributed by atoms with van der Waals surface area (Å²) in [5.41, 5.74) is 4.73. The van der Waals surface area contributed by atoms with Gasteiger partial charge in [0.1, 0.15) is 0 Å². The van der Waals surface area contributed by atoms with Gasteiger partial charge in [0.25, 0.3) is 0 Å². The molecule has 7 fully saturated rings. The van der Waals surface area contributed by atoms with Crippen LogP contribution in [0.25, 0.3) is 0 Å². The third-order valence-electron chi connectivity index (χ3n) is 16.4. The normalized spacial score (nSPS) is 33.2. The summed E-state index contributed by atoms with van der Waals surface area (Å²) in [4.78, 5) is 88.2. The SMILES string of the molecule is O=C(N[C@H]1C[C@@H]1c1ccccc1)[C@@H]1CN(C(=O)C2CCC(C(=O)N3C[C@@H](C(=O)N[C@H]4C[C@@H]4c4ccccc4)[C@H](C(=O)N[C@H]4C[C@@H]4c4ccccc4)C3)CC2)C[C@H]1C(=O)N[C@H]1C[C@@H]1c1ccccc1. The molecule has 5 aliphatic carbocycles. The van der Waals surface area contributed by atoms with Crippen molar-refractivity contribution in [3.05, 3.63) is 144 Å². The number of benzene rings is 4. The molecule has 11 rings (SSSR count). The molecule has 352 valence electrons. The summed E-state index contributed by atoms with van der Waals surface area (Å²) >= 11 is 0. The summed E-state index contributed by atoms with van der Waals surface area (Å²) in [7, 11) is 0. The molecule has 5 saturated carbocycles. The molecule has 0 unspecified atom stereocenters. The molecule has 0 aromatic heterocycles. The second kappa shape index (κ2) is 18.7. The largest absolute Gasteiger partial charge is 0.352 e. The Morgan fingerprint density at radius 1 is 0.338 bits per heavy atom. The molecule has 0 spiro atoms. The highest BCUT2D eigenvalue weighted by Gasteiger charge is 2.52. The molecule has 6 amide bonds. The zero-order valence-electron chi connectivity index (χ0n) is 38.5. The van der Waals surface area contributed by atoms with Crippen LogP contribution in [-0.2, 0) is 28.8 Å².